The van der Waals surface area contributed by atoms with Gasteiger partial charge in [0.2, 0.25) is 0 Å². The minimum atomic E-state index is -0.928. The number of aromatic nitrogens is 1. The highest BCUT2D eigenvalue weighted by atomic mass is 32.1. The lowest BCUT2D eigenvalue weighted by Gasteiger charge is -2.06. The molecule has 2 rings (SSSR count). The van der Waals surface area contributed by atoms with E-state index in [1.807, 2.05) is 20.8 Å². The maximum Gasteiger partial charge on any atom is 0.139 e. The third-order valence-electron chi connectivity index (χ3n) is 3.00. The van der Waals surface area contributed by atoms with E-state index in [0.29, 0.717) is 31.1 Å². The predicted octanol–water partition coefficient (Wildman–Crippen LogP) is 4.29. The average molecular weight is 314 g/mol. The van der Waals surface area contributed by atoms with Crippen molar-refractivity contribution in [1.29, 1.82) is 0 Å². The number of nitrogens with zero attached hydrogens (tertiary/aromatic N) is 1. The molecule has 0 atom stereocenters. The highest BCUT2D eigenvalue weighted by Gasteiger charge is 2.19. The fourth-order valence-electron chi connectivity index (χ4n) is 1.95. The number of hydrogen-bond acceptors (Lipinski definition) is 3. The highest BCUT2D eigenvalue weighted by molar-refractivity contribution is 7.15. The van der Waals surface area contributed by atoms with E-state index in [0.717, 1.165) is 10.6 Å². The van der Waals surface area contributed by atoms with Crippen molar-refractivity contribution in [2.75, 3.05) is 0 Å². The molecular weight excluding hydrogens is 297 g/mol. The van der Waals surface area contributed by atoms with Crippen LogP contribution in [0.5, 0.6) is 0 Å². The molecule has 0 aliphatic rings. The van der Waals surface area contributed by atoms with Crippen molar-refractivity contribution in [3.8, 4) is 10.6 Å². The summed E-state index contributed by atoms with van der Waals surface area (Å²) in [5.74, 6) is -2.78. The third kappa shape index (κ3) is 3.63. The number of nitrogens with one attached hydrogen (secondary N) is 1. The Morgan fingerprint density at radius 3 is 2.33 bits per heavy atom. The summed E-state index contributed by atoms with van der Waals surface area (Å²) in [5.41, 5.74) is 0.554. The maximum atomic E-state index is 13.8. The lowest BCUT2D eigenvalue weighted by atomic mass is 10.2. The molecule has 0 aliphatic heterocycles. The molecule has 0 amide bonds. The molecule has 114 valence electrons. The lowest BCUT2D eigenvalue weighted by molar-refractivity contribution is 0.548. The van der Waals surface area contributed by atoms with Crippen LogP contribution in [-0.2, 0) is 13.0 Å². The zero-order valence-corrected chi connectivity index (χ0v) is 13.0. The van der Waals surface area contributed by atoms with Gasteiger partial charge >= 0.3 is 0 Å². The van der Waals surface area contributed by atoms with Gasteiger partial charge in [-0.25, -0.2) is 18.2 Å². The summed E-state index contributed by atoms with van der Waals surface area (Å²) >= 11 is 1.24. The monoisotopic (exact) mass is 314 g/mol. The molecule has 1 aromatic carbocycles. The van der Waals surface area contributed by atoms with E-state index in [1.165, 1.54) is 11.3 Å². The highest BCUT2D eigenvalue weighted by Crippen LogP contribution is 2.32. The summed E-state index contributed by atoms with van der Waals surface area (Å²) in [7, 11) is 0. The molecule has 1 aromatic heterocycles. The molecule has 0 bridgehead atoms. The molecular formula is C15H17F3N2S. The van der Waals surface area contributed by atoms with Gasteiger partial charge in [-0.1, -0.05) is 20.8 Å². The Kier molecular flexibility index (Phi) is 5.00. The first-order chi connectivity index (χ1) is 9.92. The molecule has 0 unspecified atom stereocenters. The van der Waals surface area contributed by atoms with E-state index < -0.39 is 17.5 Å². The molecule has 21 heavy (non-hydrogen) atoms. The number of rotatable bonds is 5. The Labute approximate surface area is 126 Å². The van der Waals surface area contributed by atoms with Crippen molar-refractivity contribution in [3.63, 3.8) is 0 Å². The quantitative estimate of drug-likeness (QED) is 0.890. The number of benzene rings is 1. The van der Waals surface area contributed by atoms with Gasteiger partial charge in [0, 0.05) is 29.6 Å². The summed E-state index contributed by atoms with van der Waals surface area (Å²) < 4.78 is 40.6. The van der Waals surface area contributed by atoms with Gasteiger partial charge in [0.15, 0.2) is 0 Å². The SMILES string of the molecule is CCc1nc(-c2c(F)cc(F)cc2F)sc1CNC(C)C. The van der Waals surface area contributed by atoms with Crippen LogP contribution in [0.15, 0.2) is 12.1 Å². The summed E-state index contributed by atoms with van der Waals surface area (Å²) in [6.07, 6.45) is 0.677. The van der Waals surface area contributed by atoms with E-state index in [4.69, 9.17) is 0 Å². The minimum Gasteiger partial charge on any atom is -0.310 e. The van der Waals surface area contributed by atoms with E-state index in [-0.39, 0.29) is 10.6 Å². The zero-order valence-electron chi connectivity index (χ0n) is 12.1. The van der Waals surface area contributed by atoms with Crippen LogP contribution in [0.1, 0.15) is 31.3 Å². The topological polar surface area (TPSA) is 24.9 Å². The lowest BCUT2D eigenvalue weighted by Crippen LogP contribution is -2.21. The van der Waals surface area contributed by atoms with Crippen molar-refractivity contribution in [3.05, 3.63) is 40.2 Å². The Balaban J connectivity index is 2.41. The largest absolute Gasteiger partial charge is 0.310 e. The summed E-state index contributed by atoms with van der Waals surface area (Å²) in [5, 5.41) is 3.51. The molecule has 0 radical (unpaired) electrons. The fraction of sp³-hybridized carbons (Fsp3) is 0.400. The van der Waals surface area contributed by atoms with Crippen LogP contribution in [0.3, 0.4) is 0 Å². The first-order valence-corrected chi connectivity index (χ1v) is 7.60. The van der Waals surface area contributed by atoms with E-state index in [2.05, 4.69) is 10.3 Å². The molecule has 0 spiro atoms. The van der Waals surface area contributed by atoms with Crippen molar-refractivity contribution in [2.45, 2.75) is 39.8 Å². The number of halogens is 3. The van der Waals surface area contributed by atoms with Gasteiger partial charge in [0.1, 0.15) is 22.5 Å². The molecule has 2 nitrogen and oxygen atoms in total. The molecule has 0 fully saturated rings. The van der Waals surface area contributed by atoms with Crippen LogP contribution in [0.25, 0.3) is 10.6 Å². The van der Waals surface area contributed by atoms with Crippen LogP contribution in [0.4, 0.5) is 13.2 Å². The maximum absolute atomic E-state index is 13.8. The van der Waals surface area contributed by atoms with Crippen molar-refractivity contribution in [1.82, 2.24) is 10.3 Å². The molecule has 6 heteroatoms. The summed E-state index contributed by atoms with van der Waals surface area (Å²) in [6.45, 7) is 6.58. The second-order valence-corrected chi connectivity index (χ2v) is 6.11. The smallest absolute Gasteiger partial charge is 0.139 e. The van der Waals surface area contributed by atoms with Gasteiger partial charge in [-0.15, -0.1) is 11.3 Å². The Morgan fingerprint density at radius 1 is 1.19 bits per heavy atom. The number of hydrogen-bond donors (Lipinski definition) is 1. The van der Waals surface area contributed by atoms with Gasteiger partial charge in [-0.3, -0.25) is 0 Å². The standard InChI is InChI=1S/C15H17F3N2S/c1-4-12-13(7-19-8(2)3)21-15(20-12)14-10(17)5-9(16)6-11(14)18/h5-6,8,19H,4,7H2,1-3H3. The van der Waals surface area contributed by atoms with Gasteiger partial charge in [-0.2, -0.15) is 0 Å². The van der Waals surface area contributed by atoms with E-state index >= 15 is 0 Å². The third-order valence-corrected chi connectivity index (χ3v) is 4.12. The molecule has 2 aromatic rings. The molecule has 0 aliphatic carbocycles. The second-order valence-electron chi connectivity index (χ2n) is 5.02. The zero-order chi connectivity index (χ0) is 15.6. The van der Waals surface area contributed by atoms with Gasteiger partial charge in [0.05, 0.1) is 11.3 Å². The fourth-order valence-corrected chi connectivity index (χ4v) is 3.10. The molecule has 0 saturated heterocycles. The Morgan fingerprint density at radius 2 is 1.81 bits per heavy atom. The van der Waals surface area contributed by atoms with Crippen molar-refractivity contribution >= 4 is 11.3 Å². The van der Waals surface area contributed by atoms with Crippen LogP contribution in [0, 0.1) is 17.5 Å². The van der Waals surface area contributed by atoms with Crippen LogP contribution < -0.4 is 5.32 Å². The second kappa shape index (κ2) is 6.58. The predicted molar refractivity (Wildman–Crippen MR) is 78.8 cm³/mol. The first kappa shape index (κ1) is 16.0. The van der Waals surface area contributed by atoms with Crippen LogP contribution >= 0.6 is 11.3 Å². The Bertz CT molecular complexity index is 615. The van der Waals surface area contributed by atoms with Gasteiger partial charge < -0.3 is 5.32 Å². The van der Waals surface area contributed by atoms with Crippen LogP contribution in [-0.4, -0.2) is 11.0 Å². The summed E-state index contributed by atoms with van der Waals surface area (Å²) in [4.78, 5) is 5.25. The number of aryl methyl sites for hydroxylation is 1. The molecule has 1 heterocycles. The van der Waals surface area contributed by atoms with Gasteiger partial charge in [0.25, 0.3) is 0 Å². The molecule has 1 N–H and O–H groups in total. The van der Waals surface area contributed by atoms with E-state index in [1.54, 1.807) is 0 Å². The number of thiazole rings is 1. The molecule has 0 saturated carbocycles. The summed E-state index contributed by atoms with van der Waals surface area (Å²) in [6, 6.07) is 1.66. The van der Waals surface area contributed by atoms with Crippen molar-refractivity contribution in [2.24, 2.45) is 0 Å². The average Bonchev–Trinajstić information content (AvgIpc) is 2.78. The first-order valence-electron chi connectivity index (χ1n) is 6.79. The Hall–Kier alpha value is -1.40. The van der Waals surface area contributed by atoms with E-state index in [9.17, 15) is 13.2 Å². The minimum absolute atomic E-state index is 0.252. The normalized spacial score (nSPS) is 11.4. The van der Waals surface area contributed by atoms with Crippen molar-refractivity contribution < 1.29 is 13.2 Å². The van der Waals surface area contributed by atoms with Gasteiger partial charge in [-0.05, 0) is 6.42 Å². The van der Waals surface area contributed by atoms with Crippen LogP contribution in [0.2, 0.25) is 0 Å².